The van der Waals surface area contributed by atoms with Crippen molar-refractivity contribution < 1.29 is 22.3 Å². The zero-order valence-electron chi connectivity index (χ0n) is 14.7. The van der Waals surface area contributed by atoms with Crippen LogP contribution >= 0.6 is 0 Å². The Hall–Kier alpha value is -3.14. The number of nitrogens with zero attached hydrogens (tertiary/aromatic N) is 2. The van der Waals surface area contributed by atoms with E-state index in [9.17, 15) is 22.4 Å². The summed E-state index contributed by atoms with van der Waals surface area (Å²) in [6.45, 7) is 0. The summed E-state index contributed by atoms with van der Waals surface area (Å²) >= 11 is 0. The maximum Gasteiger partial charge on any atom is 0.328 e. The van der Waals surface area contributed by atoms with Crippen molar-refractivity contribution in [2.75, 3.05) is 7.11 Å². The van der Waals surface area contributed by atoms with Gasteiger partial charge < -0.3 is 4.74 Å². The van der Waals surface area contributed by atoms with E-state index in [0.29, 0.717) is 11.0 Å². The third-order valence-corrected chi connectivity index (χ3v) is 5.52. The number of aromatic nitrogens is 2. The summed E-state index contributed by atoms with van der Waals surface area (Å²) in [4.78, 5) is 24.0. The minimum absolute atomic E-state index is 0.0650. The Balaban J connectivity index is 1.96. The molecule has 0 fully saturated rings. The van der Waals surface area contributed by atoms with Gasteiger partial charge in [0.05, 0.1) is 23.0 Å². The van der Waals surface area contributed by atoms with Crippen LogP contribution in [0.25, 0.3) is 11.0 Å². The summed E-state index contributed by atoms with van der Waals surface area (Å²) in [5, 5.41) is 0. The second kappa shape index (κ2) is 6.54. The second-order valence-corrected chi connectivity index (χ2v) is 7.52. The number of methoxy groups -OCH3 is 1. The van der Waals surface area contributed by atoms with Gasteiger partial charge in [-0.15, -0.1) is 0 Å². The van der Waals surface area contributed by atoms with Crippen LogP contribution in [-0.4, -0.2) is 30.6 Å². The van der Waals surface area contributed by atoms with Crippen molar-refractivity contribution in [3.8, 4) is 5.75 Å². The van der Waals surface area contributed by atoms with Gasteiger partial charge in [-0.25, -0.2) is 22.3 Å². The van der Waals surface area contributed by atoms with Crippen LogP contribution in [0.15, 0.2) is 46.1 Å². The highest BCUT2D eigenvalue weighted by Gasteiger charge is 2.21. The lowest BCUT2D eigenvalue weighted by atomic mass is 10.2. The van der Waals surface area contributed by atoms with E-state index >= 15 is 0 Å². The number of carbonyl (C=O) groups is 1. The number of ether oxygens (including phenoxy) is 1. The fraction of sp³-hybridized carbons (Fsp3) is 0.176. The highest BCUT2D eigenvalue weighted by molar-refractivity contribution is 7.90. The molecule has 0 spiro atoms. The van der Waals surface area contributed by atoms with Crippen molar-refractivity contribution >= 4 is 27.0 Å². The Morgan fingerprint density at radius 3 is 2.37 bits per heavy atom. The van der Waals surface area contributed by atoms with E-state index in [1.54, 1.807) is 7.05 Å². The van der Waals surface area contributed by atoms with Crippen molar-refractivity contribution in [1.29, 1.82) is 0 Å². The molecule has 0 saturated heterocycles. The molecule has 27 heavy (non-hydrogen) atoms. The van der Waals surface area contributed by atoms with Crippen molar-refractivity contribution in [3.05, 3.63) is 58.3 Å². The largest absolute Gasteiger partial charge is 0.494 e. The summed E-state index contributed by atoms with van der Waals surface area (Å²) in [6.07, 6.45) is 0. The van der Waals surface area contributed by atoms with Crippen molar-refractivity contribution in [3.63, 3.8) is 0 Å². The van der Waals surface area contributed by atoms with E-state index in [1.165, 1.54) is 53.6 Å². The van der Waals surface area contributed by atoms with Crippen molar-refractivity contribution in [2.45, 2.75) is 4.90 Å². The van der Waals surface area contributed by atoms with Gasteiger partial charge in [-0.3, -0.25) is 13.9 Å². The highest BCUT2D eigenvalue weighted by atomic mass is 32.2. The first-order valence-electron chi connectivity index (χ1n) is 7.72. The van der Waals surface area contributed by atoms with Crippen LogP contribution < -0.4 is 15.1 Å². The van der Waals surface area contributed by atoms with E-state index in [4.69, 9.17) is 4.74 Å². The van der Waals surface area contributed by atoms with Gasteiger partial charge in [0, 0.05) is 19.7 Å². The second-order valence-electron chi connectivity index (χ2n) is 5.84. The molecule has 10 heteroatoms. The number of hydrogen-bond donors (Lipinski definition) is 1. The third kappa shape index (κ3) is 3.19. The van der Waals surface area contributed by atoms with Crippen LogP contribution in [0.4, 0.5) is 4.39 Å². The Kier molecular flexibility index (Phi) is 4.52. The fourth-order valence-corrected chi connectivity index (χ4v) is 3.70. The molecule has 1 N–H and O–H groups in total. The van der Waals surface area contributed by atoms with Gasteiger partial charge in [0.15, 0.2) is 11.6 Å². The molecule has 0 atom stereocenters. The molecule has 2 aromatic carbocycles. The normalized spacial score (nSPS) is 11.6. The predicted molar refractivity (Wildman–Crippen MR) is 95.8 cm³/mol. The van der Waals surface area contributed by atoms with Gasteiger partial charge >= 0.3 is 5.69 Å². The Morgan fingerprint density at radius 1 is 1.07 bits per heavy atom. The molecule has 1 heterocycles. The molecule has 3 aromatic rings. The standard InChI is InChI=1S/C17H16FN3O5S/c1-20-13-6-5-11(9-14(13)21(2)17(20)23)27(24,25)19-16(22)10-4-7-15(26-3)12(18)8-10/h4-9H,1-3H3,(H,19,22). The van der Waals surface area contributed by atoms with Crippen LogP contribution in [0.1, 0.15) is 10.4 Å². The molecular weight excluding hydrogens is 377 g/mol. The summed E-state index contributed by atoms with van der Waals surface area (Å²) in [5.74, 6) is -1.84. The van der Waals surface area contributed by atoms with Gasteiger partial charge in [-0.1, -0.05) is 0 Å². The molecule has 0 aliphatic heterocycles. The maximum absolute atomic E-state index is 13.7. The van der Waals surface area contributed by atoms with Gasteiger partial charge in [0.25, 0.3) is 15.9 Å². The number of imidazole rings is 1. The SMILES string of the molecule is COc1ccc(C(=O)NS(=O)(=O)c2ccc3c(c2)n(C)c(=O)n3C)cc1F. The third-order valence-electron chi connectivity index (χ3n) is 4.19. The Morgan fingerprint density at radius 2 is 1.74 bits per heavy atom. The number of carbonyl (C=O) groups excluding carboxylic acids is 1. The van der Waals surface area contributed by atoms with E-state index in [2.05, 4.69) is 0 Å². The number of hydrogen-bond acceptors (Lipinski definition) is 5. The van der Waals surface area contributed by atoms with E-state index in [1.807, 2.05) is 4.72 Å². The smallest absolute Gasteiger partial charge is 0.328 e. The van der Waals surface area contributed by atoms with Gasteiger partial charge in [-0.05, 0) is 36.4 Å². The van der Waals surface area contributed by atoms with Crippen LogP contribution in [0.3, 0.4) is 0 Å². The lowest BCUT2D eigenvalue weighted by Gasteiger charge is -2.09. The average molecular weight is 393 g/mol. The molecule has 0 radical (unpaired) electrons. The minimum atomic E-state index is -4.23. The Bertz CT molecular complexity index is 1230. The molecule has 0 bridgehead atoms. The number of halogens is 1. The molecule has 0 aliphatic rings. The van der Waals surface area contributed by atoms with Crippen LogP contribution in [0, 0.1) is 5.82 Å². The first kappa shape index (κ1) is 18.6. The van der Waals surface area contributed by atoms with E-state index in [-0.39, 0.29) is 21.9 Å². The first-order valence-corrected chi connectivity index (χ1v) is 9.20. The summed E-state index contributed by atoms with van der Waals surface area (Å²) < 4.78 is 48.1. The fourth-order valence-electron chi connectivity index (χ4n) is 2.70. The summed E-state index contributed by atoms with van der Waals surface area (Å²) in [6, 6.07) is 7.41. The summed E-state index contributed by atoms with van der Waals surface area (Å²) in [7, 11) is 0.130. The molecule has 0 aliphatic carbocycles. The van der Waals surface area contributed by atoms with Crippen molar-refractivity contribution in [1.82, 2.24) is 13.9 Å². The highest BCUT2D eigenvalue weighted by Crippen LogP contribution is 2.20. The predicted octanol–water partition coefficient (Wildman–Crippen LogP) is 1.14. The van der Waals surface area contributed by atoms with Crippen LogP contribution in [-0.2, 0) is 24.1 Å². The Labute approximate surface area is 153 Å². The van der Waals surface area contributed by atoms with Crippen LogP contribution in [0.5, 0.6) is 5.75 Å². The topological polar surface area (TPSA) is 99.4 Å². The number of aryl methyl sites for hydroxylation is 2. The monoisotopic (exact) mass is 393 g/mol. The molecule has 1 amide bonds. The molecule has 0 unspecified atom stereocenters. The van der Waals surface area contributed by atoms with E-state index < -0.39 is 21.7 Å². The van der Waals surface area contributed by atoms with E-state index in [0.717, 1.165) is 6.07 Å². The van der Waals surface area contributed by atoms with Crippen molar-refractivity contribution in [2.24, 2.45) is 14.1 Å². The molecule has 0 saturated carbocycles. The molecule has 3 rings (SSSR count). The zero-order chi connectivity index (χ0) is 19.9. The maximum atomic E-state index is 13.7. The van der Waals surface area contributed by atoms with Gasteiger partial charge in [0.2, 0.25) is 0 Å². The first-order chi connectivity index (χ1) is 12.7. The number of benzene rings is 2. The molecule has 1 aromatic heterocycles. The number of fused-ring (bicyclic) bond motifs is 1. The molecule has 142 valence electrons. The number of rotatable bonds is 4. The number of nitrogens with one attached hydrogen (secondary N) is 1. The molecular formula is C17H16FN3O5S. The number of sulfonamides is 1. The summed E-state index contributed by atoms with van der Waals surface area (Å²) in [5.41, 5.74) is 0.459. The van der Waals surface area contributed by atoms with Crippen LogP contribution in [0.2, 0.25) is 0 Å². The lowest BCUT2D eigenvalue weighted by molar-refractivity contribution is 0.0981. The zero-order valence-corrected chi connectivity index (χ0v) is 15.5. The lowest BCUT2D eigenvalue weighted by Crippen LogP contribution is -2.30. The quantitative estimate of drug-likeness (QED) is 0.717. The molecule has 8 nitrogen and oxygen atoms in total. The minimum Gasteiger partial charge on any atom is -0.494 e. The number of amides is 1. The average Bonchev–Trinajstić information content (AvgIpc) is 2.85. The van der Waals surface area contributed by atoms with Gasteiger partial charge in [0.1, 0.15) is 0 Å². The van der Waals surface area contributed by atoms with Gasteiger partial charge in [-0.2, -0.15) is 0 Å².